The Kier molecular flexibility index (Phi) is 5.51. The van der Waals surface area contributed by atoms with Crippen LogP contribution in [0.2, 0.25) is 0 Å². The number of hydrogen-bond acceptors (Lipinski definition) is 4. The molecule has 0 saturated heterocycles. The fourth-order valence-electron chi connectivity index (χ4n) is 2.03. The summed E-state index contributed by atoms with van der Waals surface area (Å²) in [6, 6.07) is 11.4. The van der Waals surface area contributed by atoms with Crippen LogP contribution in [0.4, 0.5) is 0 Å². The van der Waals surface area contributed by atoms with Gasteiger partial charge in [0.15, 0.2) is 5.76 Å². The lowest BCUT2D eigenvalue weighted by atomic mass is 10.1. The first kappa shape index (κ1) is 15.3. The highest BCUT2D eigenvalue weighted by molar-refractivity contribution is 5.78. The van der Waals surface area contributed by atoms with Crippen LogP contribution in [0.5, 0.6) is 0 Å². The molecule has 0 aliphatic heterocycles. The summed E-state index contributed by atoms with van der Waals surface area (Å²) in [5.74, 6) is 0.475. The van der Waals surface area contributed by atoms with Crippen LogP contribution in [0, 0.1) is 0 Å². The van der Waals surface area contributed by atoms with Gasteiger partial charge in [-0.05, 0) is 6.42 Å². The van der Waals surface area contributed by atoms with Gasteiger partial charge in [-0.15, -0.1) is 0 Å². The van der Waals surface area contributed by atoms with E-state index in [0.29, 0.717) is 17.9 Å². The second-order valence-electron chi connectivity index (χ2n) is 4.97. The van der Waals surface area contributed by atoms with Crippen LogP contribution in [0.1, 0.15) is 25.5 Å². The molecular formula is C16H20N2O3. The number of aliphatic hydroxyl groups excluding tert-OH is 1. The van der Waals surface area contributed by atoms with Crippen molar-refractivity contribution in [1.29, 1.82) is 0 Å². The fraction of sp³-hybridized carbons (Fsp3) is 0.375. The van der Waals surface area contributed by atoms with Gasteiger partial charge in [-0.2, -0.15) is 0 Å². The fourth-order valence-corrected chi connectivity index (χ4v) is 2.03. The quantitative estimate of drug-likeness (QED) is 0.818. The third-order valence-corrected chi connectivity index (χ3v) is 3.12. The molecule has 1 aromatic heterocycles. The van der Waals surface area contributed by atoms with E-state index in [1.807, 2.05) is 37.3 Å². The Morgan fingerprint density at radius 2 is 2.14 bits per heavy atom. The number of nitrogens with one attached hydrogen (secondary N) is 1. The van der Waals surface area contributed by atoms with Gasteiger partial charge in [0, 0.05) is 18.2 Å². The summed E-state index contributed by atoms with van der Waals surface area (Å²) in [5, 5.41) is 16.2. The minimum absolute atomic E-state index is 0.148. The molecule has 5 nitrogen and oxygen atoms in total. The molecular weight excluding hydrogens is 268 g/mol. The number of nitrogens with zero attached hydrogens (tertiary/aromatic N) is 1. The van der Waals surface area contributed by atoms with Gasteiger partial charge in [0.2, 0.25) is 5.91 Å². The van der Waals surface area contributed by atoms with Crippen molar-refractivity contribution in [2.75, 3.05) is 6.54 Å². The SMILES string of the molecule is CCCC(O)CNC(=O)Cc1cc(-c2ccccc2)on1. The average Bonchev–Trinajstić information content (AvgIpc) is 2.95. The Bertz CT molecular complexity index is 566. The number of carbonyl (C=O) groups is 1. The molecule has 2 N–H and O–H groups in total. The molecule has 1 atom stereocenters. The molecule has 5 heteroatoms. The zero-order chi connectivity index (χ0) is 15.1. The molecule has 0 saturated carbocycles. The van der Waals surface area contributed by atoms with E-state index in [1.165, 1.54) is 0 Å². The van der Waals surface area contributed by atoms with Gasteiger partial charge >= 0.3 is 0 Å². The molecule has 112 valence electrons. The third kappa shape index (κ3) is 4.72. The number of carbonyl (C=O) groups excluding carboxylic acids is 1. The van der Waals surface area contributed by atoms with Crippen LogP contribution >= 0.6 is 0 Å². The summed E-state index contributed by atoms with van der Waals surface area (Å²) in [6.45, 7) is 2.27. The summed E-state index contributed by atoms with van der Waals surface area (Å²) in [4.78, 5) is 11.8. The van der Waals surface area contributed by atoms with E-state index in [-0.39, 0.29) is 18.9 Å². The first-order chi connectivity index (χ1) is 10.2. The van der Waals surface area contributed by atoms with Gasteiger partial charge in [-0.1, -0.05) is 48.8 Å². The van der Waals surface area contributed by atoms with Gasteiger partial charge in [-0.3, -0.25) is 4.79 Å². The lowest BCUT2D eigenvalue weighted by molar-refractivity contribution is -0.121. The second-order valence-corrected chi connectivity index (χ2v) is 4.97. The molecule has 2 rings (SSSR count). The van der Waals surface area contributed by atoms with Gasteiger partial charge in [0.1, 0.15) is 0 Å². The number of aliphatic hydroxyl groups is 1. The molecule has 1 heterocycles. The predicted octanol–water partition coefficient (Wildman–Crippen LogP) is 2.16. The smallest absolute Gasteiger partial charge is 0.226 e. The highest BCUT2D eigenvalue weighted by atomic mass is 16.5. The molecule has 0 spiro atoms. The van der Waals surface area contributed by atoms with Crippen molar-refractivity contribution in [1.82, 2.24) is 10.5 Å². The Balaban J connectivity index is 1.86. The third-order valence-electron chi connectivity index (χ3n) is 3.12. The number of benzene rings is 1. The van der Waals surface area contributed by atoms with E-state index in [1.54, 1.807) is 6.07 Å². The summed E-state index contributed by atoms with van der Waals surface area (Å²) >= 11 is 0. The van der Waals surface area contributed by atoms with Crippen molar-refractivity contribution in [2.45, 2.75) is 32.3 Å². The molecule has 21 heavy (non-hydrogen) atoms. The number of amides is 1. The van der Waals surface area contributed by atoms with Crippen LogP contribution in [-0.2, 0) is 11.2 Å². The lowest BCUT2D eigenvalue weighted by Gasteiger charge is -2.09. The van der Waals surface area contributed by atoms with Crippen LogP contribution in [0.15, 0.2) is 40.9 Å². The van der Waals surface area contributed by atoms with Crippen LogP contribution < -0.4 is 5.32 Å². The van der Waals surface area contributed by atoms with Crippen molar-refractivity contribution in [3.63, 3.8) is 0 Å². The summed E-state index contributed by atoms with van der Waals surface area (Å²) in [6.07, 6.45) is 1.23. The summed E-state index contributed by atoms with van der Waals surface area (Å²) in [7, 11) is 0. The van der Waals surface area contributed by atoms with Gasteiger partial charge in [0.25, 0.3) is 0 Å². The molecule has 0 aliphatic rings. The van der Waals surface area contributed by atoms with Crippen molar-refractivity contribution in [2.24, 2.45) is 0 Å². The maximum Gasteiger partial charge on any atom is 0.226 e. The Hall–Kier alpha value is -2.14. The van der Waals surface area contributed by atoms with E-state index in [0.717, 1.165) is 12.0 Å². The summed E-state index contributed by atoms with van der Waals surface area (Å²) < 4.78 is 5.24. The minimum atomic E-state index is -0.490. The van der Waals surface area contributed by atoms with Crippen LogP contribution in [0.25, 0.3) is 11.3 Å². The molecule has 0 bridgehead atoms. The van der Waals surface area contributed by atoms with E-state index >= 15 is 0 Å². The van der Waals surface area contributed by atoms with Gasteiger partial charge in [-0.25, -0.2) is 0 Å². The van der Waals surface area contributed by atoms with Crippen molar-refractivity contribution < 1.29 is 14.4 Å². The Morgan fingerprint density at radius 1 is 1.38 bits per heavy atom. The highest BCUT2D eigenvalue weighted by Gasteiger charge is 2.11. The van der Waals surface area contributed by atoms with Crippen molar-refractivity contribution in [3.8, 4) is 11.3 Å². The van der Waals surface area contributed by atoms with Gasteiger partial charge in [0.05, 0.1) is 18.2 Å². The monoisotopic (exact) mass is 288 g/mol. The molecule has 0 aliphatic carbocycles. The first-order valence-electron chi connectivity index (χ1n) is 7.14. The van der Waals surface area contributed by atoms with Crippen LogP contribution in [0.3, 0.4) is 0 Å². The molecule has 1 aromatic carbocycles. The largest absolute Gasteiger partial charge is 0.391 e. The average molecular weight is 288 g/mol. The molecule has 1 unspecified atom stereocenters. The number of hydrogen-bond donors (Lipinski definition) is 2. The standard InChI is InChI=1S/C16H20N2O3/c1-2-6-14(19)11-17-16(20)10-13-9-15(21-18-13)12-7-4-3-5-8-12/h3-5,7-9,14,19H,2,6,10-11H2,1H3,(H,17,20). The molecule has 2 aromatic rings. The maximum atomic E-state index is 11.8. The molecule has 1 amide bonds. The van der Waals surface area contributed by atoms with Crippen molar-refractivity contribution >= 4 is 5.91 Å². The van der Waals surface area contributed by atoms with Crippen LogP contribution in [-0.4, -0.2) is 28.8 Å². The normalized spacial score (nSPS) is 12.1. The highest BCUT2D eigenvalue weighted by Crippen LogP contribution is 2.19. The molecule has 0 fully saturated rings. The van der Waals surface area contributed by atoms with Gasteiger partial charge < -0.3 is 14.9 Å². The summed E-state index contributed by atoms with van der Waals surface area (Å²) in [5.41, 5.74) is 1.51. The Labute approximate surface area is 124 Å². The Morgan fingerprint density at radius 3 is 2.86 bits per heavy atom. The van der Waals surface area contributed by atoms with E-state index in [9.17, 15) is 9.90 Å². The lowest BCUT2D eigenvalue weighted by Crippen LogP contribution is -2.33. The van der Waals surface area contributed by atoms with E-state index in [4.69, 9.17) is 4.52 Å². The minimum Gasteiger partial charge on any atom is -0.391 e. The number of rotatable bonds is 7. The van der Waals surface area contributed by atoms with Crippen molar-refractivity contribution in [3.05, 3.63) is 42.1 Å². The maximum absolute atomic E-state index is 11.8. The zero-order valence-electron chi connectivity index (χ0n) is 12.1. The van der Waals surface area contributed by atoms with E-state index in [2.05, 4.69) is 10.5 Å². The van der Waals surface area contributed by atoms with E-state index < -0.39 is 6.10 Å². The molecule has 0 radical (unpaired) electrons. The number of aromatic nitrogens is 1. The second kappa shape index (κ2) is 7.59. The zero-order valence-corrected chi connectivity index (χ0v) is 12.1. The topological polar surface area (TPSA) is 75.4 Å². The predicted molar refractivity (Wildman–Crippen MR) is 79.6 cm³/mol. The first-order valence-corrected chi connectivity index (χ1v) is 7.14.